The van der Waals surface area contributed by atoms with Gasteiger partial charge in [0.25, 0.3) is 0 Å². The van der Waals surface area contributed by atoms with Crippen LogP contribution in [0, 0.1) is 16.7 Å². The third-order valence-corrected chi connectivity index (χ3v) is 4.93. The molecule has 1 fully saturated rings. The van der Waals surface area contributed by atoms with Crippen molar-refractivity contribution < 1.29 is 4.79 Å². The third-order valence-electron chi connectivity index (χ3n) is 4.30. The molecule has 1 aromatic rings. The van der Waals surface area contributed by atoms with Crippen LogP contribution in [-0.4, -0.2) is 10.9 Å². The summed E-state index contributed by atoms with van der Waals surface area (Å²) in [7, 11) is 0. The highest BCUT2D eigenvalue weighted by Gasteiger charge is 2.68. The molecule has 1 amide bonds. The Morgan fingerprint density at radius 1 is 1.35 bits per heavy atom. The fraction of sp³-hybridized carbons (Fsp3) is 0.538. The van der Waals surface area contributed by atoms with E-state index >= 15 is 0 Å². The summed E-state index contributed by atoms with van der Waals surface area (Å²) in [5.41, 5.74) is 0.855. The van der Waals surface area contributed by atoms with Crippen molar-refractivity contribution in [3.8, 4) is 0 Å². The maximum absolute atomic E-state index is 12.2. The Morgan fingerprint density at radius 3 is 2.41 bits per heavy atom. The lowest BCUT2D eigenvalue weighted by Gasteiger charge is -2.07. The molecule has 2 rings (SSSR count). The minimum absolute atomic E-state index is 0.0575. The highest BCUT2D eigenvalue weighted by Crippen LogP contribution is 2.68. The molecule has 1 saturated carbocycles. The monoisotopic (exact) mass is 296 g/mol. The van der Waals surface area contributed by atoms with Gasteiger partial charge in [-0.25, -0.2) is 4.98 Å². The molecule has 92 valence electrons. The van der Waals surface area contributed by atoms with Crippen molar-refractivity contribution in [3.63, 3.8) is 0 Å². The Balaban J connectivity index is 2.13. The zero-order valence-electron chi connectivity index (χ0n) is 10.5. The van der Waals surface area contributed by atoms with Gasteiger partial charge in [-0.3, -0.25) is 4.79 Å². The lowest BCUT2D eigenvalue weighted by molar-refractivity contribution is -0.118. The molecule has 0 aromatic carbocycles. The van der Waals surface area contributed by atoms with Crippen molar-refractivity contribution in [3.05, 3.63) is 22.9 Å². The summed E-state index contributed by atoms with van der Waals surface area (Å²) in [4.78, 5) is 16.3. The second-order valence-corrected chi connectivity index (χ2v) is 6.46. The van der Waals surface area contributed by atoms with E-state index in [9.17, 15) is 4.79 Å². The Labute approximate surface area is 110 Å². The summed E-state index contributed by atoms with van der Waals surface area (Å²) in [6, 6.07) is 3.65. The third kappa shape index (κ3) is 1.88. The van der Waals surface area contributed by atoms with Crippen molar-refractivity contribution in [2.75, 3.05) is 5.32 Å². The number of hydrogen-bond acceptors (Lipinski definition) is 2. The largest absolute Gasteiger partial charge is 0.323 e. The molecule has 0 radical (unpaired) electrons. The van der Waals surface area contributed by atoms with Crippen LogP contribution in [0.5, 0.6) is 0 Å². The van der Waals surface area contributed by atoms with Gasteiger partial charge in [-0.05, 0) is 38.9 Å². The number of anilines is 1. The van der Waals surface area contributed by atoms with Crippen molar-refractivity contribution in [2.24, 2.45) is 16.7 Å². The normalized spacial score (nSPS) is 21.0. The molecule has 1 heterocycles. The van der Waals surface area contributed by atoms with Crippen molar-refractivity contribution in [1.82, 2.24) is 4.98 Å². The van der Waals surface area contributed by atoms with Gasteiger partial charge in [-0.15, -0.1) is 0 Å². The van der Waals surface area contributed by atoms with Gasteiger partial charge in [0.05, 0.1) is 5.69 Å². The van der Waals surface area contributed by atoms with Gasteiger partial charge in [-0.1, -0.05) is 27.7 Å². The Bertz CT molecular complexity index is 454. The average Bonchev–Trinajstić information content (AvgIpc) is 2.61. The number of rotatable bonds is 2. The van der Waals surface area contributed by atoms with E-state index in [1.54, 1.807) is 6.20 Å². The second kappa shape index (κ2) is 3.80. The number of amides is 1. The Morgan fingerprint density at radius 2 is 1.94 bits per heavy atom. The molecule has 1 aliphatic rings. The van der Waals surface area contributed by atoms with Gasteiger partial charge in [0.15, 0.2) is 0 Å². The van der Waals surface area contributed by atoms with Crippen LogP contribution >= 0.6 is 15.9 Å². The van der Waals surface area contributed by atoms with Crippen molar-refractivity contribution >= 4 is 27.5 Å². The Kier molecular flexibility index (Phi) is 2.81. The standard InChI is InChI=1S/C13H17BrN2O/c1-12(2)9(13(12,3)4)11(17)16-8-6-5-7-15-10(8)14/h5-7,9H,1-4H3,(H,16,17). The van der Waals surface area contributed by atoms with Gasteiger partial charge in [0, 0.05) is 12.1 Å². The summed E-state index contributed by atoms with van der Waals surface area (Å²) in [6.45, 7) is 8.54. The number of halogens is 1. The summed E-state index contributed by atoms with van der Waals surface area (Å²) >= 11 is 3.33. The van der Waals surface area contributed by atoms with Gasteiger partial charge in [-0.2, -0.15) is 0 Å². The molecule has 0 unspecified atom stereocenters. The van der Waals surface area contributed by atoms with Crippen LogP contribution in [0.4, 0.5) is 5.69 Å². The van der Waals surface area contributed by atoms with Gasteiger partial charge < -0.3 is 5.32 Å². The first kappa shape index (κ1) is 12.6. The van der Waals surface area contributed by atoms with Crippen LogP contribution in [-0.2, 0) is 4.79 Å². The van der Waals surface area contributed by atoms with E-state index in [1.807, 2.05) is 12.1 Å². The summed E-state index contributed by atoms with van der Waals surface area (Å²) in [5.74, 6) is 0.135. The predicted octanol–water partition coefficient (Wildman–Crippen LogP) is 3.46. The molecule has 1 aromatic heterocycles. The number of carbonyl (C=O) groups excluding carboxylic acids is 1. The van der Waals surface area contributed by atoms with Crippen LogP contribution in [0.1, 0.15) is 27.7 Å². The van der Waals surface area contributed by atoms with Gasteiger partial charge in [0.2, 0.25) is 5.91 Å². The van der Waals surface area contributed by atoms with Crippen molar-refractivity contribution in [2.45, 2.75) is 27.7 Å². The zero-order valence-corrected chi connectivity index (χ0v) is 12.1. The van der Waals surface area contributed by atoms with Crippen LogP contribution in [0.15, 0.2) is 22.9 Å². The number of aromatic nitrogens is 1. The molecule has 1 aliphatic carbocycles. The number of carbonyl (C=O) groups is 1. The molecular weight excluding hydrogens is 280 g/mol. The maximum Gasteiger partial charge on any atom is 0.228 e. The predicted molar refractivity (Wildman–Crippen MR) is 71.6 cm³/mol. The van der Waals surface area contributed by atoms with Crippen molar-refractivity contribution in [1.29, 1.82) is 0 Å². The van der Waals surface area contributed by atoms with E-state index < -0.39 is 0 Å². The molecule has 0 atom stereocenters. The average molecular weight is 297 g/mol. The van der Waals surface area contributed by atoms with E-state index in [-0.39, 0.29) is 22.7 Å². The molecular formula is C13H17BrN2O. The minimum atomic E-state index is 0.0575. The summed E-state index contributed by atoms with van der Waals surface area (Å²) < 4.78 is 0.671. The highest BCUT2D eigenvalue weighted by atomic mass is 79.9. The summed E-state index contributed by atoms with van der Waals surface area (Å²) in [5, 5.41) is 2.94. The zero-order chi connectivity index (χ0) is 12.8. The molecule has 0 aliphatic heterocycles. The number of nitrogens with zero attached hydrogens (tertiary/aromatic N) is 1. The molecule has 1 N–H and O–H groups in total. The number of hydrogen-bond donors (Lipinski definition) is 1. The van der Waals surface area contributed by atoms with Gasteiger partial charge >= 0.3 is 0 Å². The SMILES string of the molecule is CC1(C)C(C(=O)Nc2cccnc2Br)C1(C)C. The van der Waals surface area contributed by atoms with E-state index in [1.165, 1.54) is 0 Å². The topological polar surface area (TPSA) is 42.0 Å². The molecule has 17 heavy (non-hydrogen) atoms. The van der Waals surface area contributed by atoms with Crippen LogP contribution in [0.3, 0.4) is 0 Å². The quantitative estimate of drug-likeness (QED) is 0.849. The summed E-state index contributed by atoms with van der Waals surface area (Å²) in [6.07, 6.45) is 1.69. The maximum atomic E-state index is 12.2. The molecule has 0 spiro atoms. The van der Waals surface area contributed by atoms with Gasteiger partial charge in [0.1, 0.15) is 4.60 Å². The molecule has 3 nitrogen and oxygen atoms in total. The molecule has 0 bridgehead atoms. The van der Waals surface area contributed by atoms with Crippen LogP contribution < -0.4 is 5.32 Å². The smallest absolute Gasteiger partial charge is 0.228 e. The fourth-order valence-corrected chi connectivity index (χ4v) is 2.89. The lowest BCUT2D eigenvalue weighted by Crippen LogP contribution is -2.18. The van der Waals surface area contributed by atoms with Crippen LogP contribution in [0.2, 0.25) is 0 Å². The van der Waals surface area contributed by atoms with E-state index in [0.29, 0.717) is 4.60 Å². The second-order valence-electron chi connectivity index (χ2n) is 5.71. The fourth-order valence-electron chi connectivity index (χ4n) is 2.54. The highest BCUT2D eigenvalue weighted by molar-refractivity contribution is 9.10. The minimum Gasteiger partial charge on any atom is -0.323 e. The molecule has 4 heteroatoms. The van der Waals surface area contributed by atoms with E-state index in [0.717, 1.165) is 5.69 Å². The molecule has 0 saturated heterocycles. The number of pyridine rings is 1. The lowest BCUT2D eigenvalue weighted by atomic mass is 10.0. The first-order valence-electron chi connectivity index (χ1n) is 5.70. The number of nitrogens with one attached hydrogen (secondary N) is 1. The first-order chi connectivity index (χ1) is 7.78. The first-order valence-corrected chi connectivity index (χ1v) is 6.49. The van der Waals surface area contributed by atoms with E-state index in [2.05, 4.69) is 53.9 Å². The van der Waals surface area contributed by atoms with Crippen LogP contribution in [0.25, 0.3) is 0 Å². The Hall–Kier alpha value is -0.900. The van der Waals surface area contributed by atoms with E-state index in [4.69, 9.17) is 0 Å².